The standard InChI is InChI=1S/C14H20N2O2/c1-11-7-13(9-17)8-15-14(11)16(2)5-6-18-10-12-3-4-12/h7-9,12H,3-6,10H2,1-2H3. The summed E-state index contributed by atoms with van der Waals surface area (Å²) >= 11 is 0. The van der Waals surface area contributed by atoms with E-state index >= 15 is 0 Å². The molecule has 1 heterocycles. The van der Waals surface area contributed by atoms with Gasteiger partial charge in [-0.25, -0.2) is 4.98 Å². The molecular formula is C14H20N2O2. The highest BCUT2D eigenvalue weighted by Gasteiger charge is 2.21. The maximum atomic E-state index is 10.6. The molecule has 0 aliphatic heterocycles. The van der Waals surface area contributed by atoms with Crippen LogP contribution in [0.5, 0.6) is 0 Å². The third-order valence-corrected chi connectivity index (χ3v) is 3.19. The first-order valence-corrected chi connectivity index (χ1v) is 6.41. The Morgan fingerprint density at radius 2 is 2.33 bits per heavy atom. The van der Waals surface area contributed by atoms with Crippen LogP contribution in [0.2, 0.25) is 0 Å². The average molecular weight is 248 g/mol. The van der Waals surface area contributed by atoms with Gasteiger partial charge in [0.15, 0.2) is 6.29 Å². The molecule has 1 aliphatic rings. The molecule has 4 nitrogen and oxygen atoms in total. The minimum Gasteiger partial charge on any atom is -0.379 e. The summed E-state index contributed by atoms with van der Waals surface area (Å²) in [7, 11) is 2.00. The first-order chi connectivity index (χ1) is 8.70. The van der Waals surface area contributed by atoms with Gasteiger partial charge in [0.05, 0.1) is 6.61 Å². The van der Waals surface area contributed by atoms with E-state index in [1.807, 2.05) is 20.0 Å². The Bertz CT molecular complexity index is 416. The third kappa shape index (κ3) is 3.53. The van der Waals surface area contributed by atoms with Gasteiger partial charge in [-0.1, -0.05) is 0 Å². The lowest BCUT2D eigenvalue weighted by Gasteiger charge is -2.20. The Morgan fingerprint density at radius 3 is 2.94 bits per heavy atom. The highest BCUT2D eigenvalue weighted by atomic mass is 16.5. The van der Waals surface area contributed by atoms with Gasteiger partial charge in [0, 0.05) is 32.0 Å². The zero-order valence-corrected chi connectivity index (χ0v) is 11.1. The molecule has 0 aromatic carbocycles. The molecule has 0 radical (unpaired) electrons. The first-order valence-electron chi connectivity index (χ1n) is 6.41. The van der Waals surface area contributed by atoms with E-state index in [1.165, 1.54) is 12.8 Å². The molecule has 0 spiro atoms. The van der Waals surface area contributed by atoms with Crippen molar-refractivity contribution in [3.63, 3.8) is 0 Å². The Balaban J connectivity index is 1.82. The van der Waals surface area contributed by atoms with Crippen molar-refractivity contribution in [3.8, 4) is 0 Å². The number of aromatic nitrogens is 1. The molecule has 0 unspecified atom stereocenters. The molecule has 1 aliphatic carbocycles. The van der Waals surface area contributed by atoms with Gasteiger partial charge in [0.2, 0.25) is 0 Å². The number of carbonyl (C=O) groups excluding carboxylic acids is 1. The van der Waals surface area contributed by atoms with E-state index in [2.05, 4.69) is 9.88 Å². The first kappa shape index (κ1) is 13.0. The second-order valence-corrected chi connectivity index (χ2v) is 4.97. The zero-order valence-electron chi connectivity index (χ0n) is 11.1. The summed E-state index contributed by atoms with van der Waals surface area (Å²) in [5.41, 5.74) is 1.64. The molecule has 18 heavy (non-hydrogen) atoms. The maximum absolute atomic E-state index is 10.6. The summed E-state index contributed by atoms with van der Waals surface area (Å²) in [6.07, 6.45) is 5.08. The number of anilines is 1. The second-order valence-electron chi connectivity index (χ2n) is 4.97. The van der Waals surface area contributed by atoms with E-state index in [-0.39, 0.29) is 0 Å². The topological polar surface area (TPSA) is 42.4 Å². The van der Waals surface area contributed by atoms with Gasteiger partial charge in [-0.2, -0.15) is 0 Å². The van der Waals surface area contributed by atoms with Crippen molar-refractivity contribution in [2.75, 3.05) is 31.7 Å². The number of rotatable bonds is 7. The van der Waals surface area contributed by atoms with Crippen molar-refractivity contribution >= 4 is 12.1 Å². The van der Waals surface area contributed by atoms with E-state index in [9.17, 15) is 4.79 Å². The Labute approximate surface area is 108 Å². The lowest BCUT2D eigenvalue weighted by molar-refractivity contribution is 0.112. The number of aldehydes is 1. The fraction of sp³-hybridized carbons (Fsp3) is 0.571. The smallest absolute Gasteiger partial charge is 0.151 e. The summed E-state index contributed by atoms with van der Waals surface area (Å²) in [5, 5.41) is 0. The molecule has 0 N–H and O–H groups in total. The fourth-order valence-electron chi connectivity index (χ4n) is 1.90. The quantitative estimate of drug-likeness (QED) is 0.547. The Morgan fingerprint density at radius 1 is 1.56 bits per heavy atom. The Hall–Kier alpha value is -1.42. The van der Waals surface area contributed by atoms with Crippen LogP contribution in [0.25, 0.3) is 0 Å². The molecule has 0 saturated heterocycles. The predicted molar refractivity (Wildman–Crippen MR) is 71.2 cm³/mol. The zero-order chi connectivity index (χ0) is 13.0. The number of hydrogen-bond donors (Lipinski definition) is 0. The van der Waals surface area contributed by atoms with Crippen molar-refractivity contribution in [2.45, 2.75) is 19.8 Å². The highest BCUT2D eigenvalue weighted by molar-refractivity contribution is 5.75. The molecular weight excluding hydrogens is 228 g/mol. The van der Waals surface area contributed by atoms with Crippen molar-refractivity contribution in [1.29, 1.82) is 0 Å². The van der Waals surface area contributed by atoms with Crippen LogP contribution >= 0.6 is 0 Å². The maximum Gasteiger partial charge on any atom is 0.151 e. The highest BCUT2D eigenvalue weighted by Crippen LogP contribution is 2.28. The molecule has 1 fully saturated rings. The van der Waals surface area contributed by atoms with Gasteiger partial charge in [-0.05, 0) is 37.3 Å². The number of hydrogen-bond acceptors (Lipinski definition) is 4. The SMILES string of the molecule is Cc1cc(C=O)cnc1N(C)CCOCC1CC1. The molecule has 98 valence electrons. The molecule has 1 saturated carbocycles. The molecule has 4 heteroatoms. The lowest BCUT2D eigenvalue weighted by Crippen LogP contribution is -2.24. The normalized spacial score (nSPS) is 14.6. The molecule has 1 aromatic heterocycles. The van der Waals surface area contributed by atoms with E-state index < -0.39 is 0 Å². The van der Waals surface area contributed by atoms with Crippen molar-refractivity contribution < 1.29 is 9.53 Å². The van der Waals surface area contributed by atoms with Crippen LogP contribution in [-0.2, 0) is 4.74 Å². The van der Waals surface area contributed by atoms with Crippen LogP contribution < -0.4 is 4.90 Å². The largest absolute Gasteiger partial charge is 0.379 e. The summed E-state index contributed by atoms with van der Waals surface area (Å²) in [6.45, 7) is 4.41. The van der Waals surface area contributed by atoms with Crippen LogP contribution in [0.3, 0.4) is 0 Å². The number of carbonyl (C=O) groups is 1. The van der Waals surface area contributed by atoms with Gasteiger partial charge < -0.3 is 9.64 Å². The minimum atomic E-state index is 0.620. The number of ether oxygens (including phenoxy) is 1. The molecule has 0 atom stereocenters. The van der Waals surface area contributed by atoms with Gasteiger partial charge in [-0.3, -0.25) is 4.79 Å². The summed E-state index contributed by atoms with van der Waals surface area (Å²) in [5.74, 6) is 1.72. The molecule has 0 amide bonds. The molecule has 0 bridgehead atoms. The number of likely N-dealkylation sites (N-methyl/N-ethyl adjacent to an activating group) is 1. The van der Waals surface area contributed by atoms with Gasteiger partial charge in [0.1, 0.15) is 5.82 Å². The molecule has 1 aromatic rings. The number of nitrogens with zero attached hydrogens (tertiary/aromatic N) is 2. The minimum absolute atomic E-state index is 0.620. The van der Waals surface area contributed by atoms with Crippen molar-refractivity contribution in [1.82, 2.24) is 4.98 Å². The Kier molecular flexibility index (Phi) is 4.31. The third-order valence-electron chi connectivity index (χ3n) is 3.19. The van der Waals surface area contributed by atoms with Crippen LogP contribution in [0, 0.1) is 12.8 Å². The average Bonchev–Trinajstić information content (AvgIpc) is 3.18. The van der Waals surface area contributed by atoms with Crippen molar-refractivity contribution in [3.05, 3.63) is 23.4 Å². The summed E-state index contributed by atoms with van der Waals surface area (Å²) in [4.78, 5) is 17.0. The second kappa shape index (κ2) is 5.96. The number of aryl methyl sites for hydroxylation is 1. The predicted octanol–water partition coefficient (Wildman–Crippen LogP) is 2.07. The summed E-state index contributed by atoms with van der Waals surface area (Å²) < 4.78 is 5.61. The van der Waals surface area contributed by atoms with E-state index in [0.29, 0.717) is 5.56 Å². The van der Waals surface area contributed by atoms with E-state index in [0.717, 1.165) is 43.3 Å². The van der Waals surface area contributed by atoms with Gasteiger partial charge >= 0.3 is 0 Å². The fourth-order valence-corrected chi connectivity index (χ4v) is 1.90. The summed E-state index contributed by atoms with van der Waals surface area (Å²) in [6, 6.07) is 1.86. The van der Waals surface area contributed by atoms with Crippen molar-refractivity contribution in [2.24, 2.45) is 5.92 Å². The van der Waals surface area contributed by atoms with Crippen LogP contribution in [-0.4, -0.2) is 38.1 Å². The van der Waals surface area contributed by atoms with Gasteiger partial charge in [0.25, 0.3) is 0 Å². The van der Waals surface area contributed by atoms with E-state index in [1.54, 1.807) is 6.20 Å². The van der Waals surface area contributed by atoms with Crippen LogP contribution in [0.15, 0.2) is 12.3 Å². The monoisotopic (exact) mass is 248 g/mol. The lowest BCUT2D eigenvalue weighted by atomic mass is 10.2. The number of pyridine rings is 1. The van der Waals surface area contributed by atoms with E-state index in [4.69, 9.17) is 4.74 Å². The van der Waals surface area contributed by atoms with Crippen LogP contribution in [0.4, 0.5) is 5.82 Å². The van der Waals surface area contributed by atoms with Gasteiger partial charge in [-0.15, -0.1) is 0 Å². The molecule has 2 rings (SSSR count). The van der Waals surface area contributed by atoms with Crippen LogP contribution in [0.1, 0.15) is 28.8 Å².